The molecule has 0 fully saturated rings. The summed E-state index contributed by atoms with van der Waals surface area (Å²) in [5, 5.41) is 8.42. The number of carbonyl (C=O) groups is 1. The van der Waals surface area contributed by atoms with E-state index in [-0.39, 0.29) is 12.4 Å². The molecule has 2 aromatic rings. The molecule has 0 unspecified atom stereocenters. The predicted octanol–water partition coefficient (Wildman–Crippen LogP) is 4.90. The number of hydrogen-bond acceptors (Lipinski definition) is 8. The Morgan fingerprint density at radius 1 is 1.00 bits per heavy atom. The van der Waals surface area contributed by atoms with Crippen LogP contribution in [0.1, 0.15) is 41.0 Å². The third-order valence-electron chi connectivity index (χ3n) is 2.86. The van der Waals surface area contributed by atoms with Crippen LogP contribution < -0.4 is 4.74 Å². The van der Waals surface area contributed by atoms with Crippen molar-refractivity contribution in [2.45, 2.75) is 46.3 Å². The van der Waals surface area contributed by atoms with Gasteiger partial charge in [-0.15, -0.1) is 10.2 Å². The monoisotopic (exact) mass is 426 g/mol. The van der Waals surface area contributed by atoms with Crippen molar-refractivity contribution in [2.24, 2.45) is 0 Å². The number of benzene rings is 1. The molecular formula is C21H34N2O5S. The van der Waals surface area contributed by atoms with Gasteiger partial charge in [0, 0.05) is 5.56 Å². The molecular weight excluding hydrogens is 392 g/mol. The number of hydrogen-bond donors (Lipinski definition) is 0. The number of ether oxygens (including phenoxy) is 3. The average Bonchev–Trinajstić information content (AvgIpc) is 3.22. The molecule has 29 heavy (non-hydrogen) atoms. The van der Waals surface area contributed by atoms with E-state index < -0.39 is 0 Å². The lowest BCUT2D eigenvalue weighted by molar-refractivity contribution is -0.122. The molecule has 0 saturated heterocycles. The van der Waals surface area contributed by atoms with E-state index in [1.165, 1.54) is 25.1 Å². The summed E-state index contributed by atoms with van der Waals surface area (Å²) in [4.78, 5) is 10.7. The molecule has 0 spiro atoms. The van der Waals surface area contributed by atoms with E-state index in [0.717, 1.165) is 11.3 Å². The third kappa shape index (κ3) is 13.0. The molecule has 0 atom stereocenters. The molecule has 0 saturated carbocycles. The van der Waals surface area contributed by atoms with E-state index in [1.807, 2.05) is 44.4 Å². The second-order valence-electron chi connectivity index (χ2n) is 5.52. The summed E-state index contributed by atoms with van der Waals surface area (Å²) < 4.78 is 21.5. The summed E-state index contributed by atoms with van der Waals surface area (Å²) >= 11 is 1.40. The molecule has 1 aromatic heterocycles. The number of nitrogens with zero attached hydrogens (tertiary/aromatic N) is 2. The molecule has 0 aliphatic rings. The Balaban J connectivity index is 0.00000143. The van der Waals surface area contributed by atoms with E-state index in [0.29, 0.717) is 37.5 Å². The first kappa shape index (κ1) is 27.1. The Labute approximate surface area is 178 Å². The minimum atomic E-state index is 0.00646. The highest BCUT2D eigenvalue weighted by Gasteiger charge is 2.07. The van der Waals surface area contributed by atoms with Gasteiger partial charge in [0.1, 0.15) is 19.0 Å². The molecule has 0 radical (unpaired) electrons. The first-order valence-electron chi connectivity index (χ1n) is 9.86. The van der Waals surface area contributed by atoms with Crippen LogP contribution in [0.25, 0.3) is 11.5 Å². The maximum atomic E-state index is 10.7. The van der Waals surface area contributed by atoms with Gasteiger partial charge in [-0.25, -0.2) is 0 Å². The van der Waals surface area contributed by atoms with Gasteiger partial charge in [-0.1, -0.05) is 45.9 Å². The minimum Gasteiger partial charge on any atom is -0.491 e. The van der Waals surface area contributed by atoms with E-state index in [4.69, 9.17) is 18.6 Å². The van der Waals surface area contributed by atoms with Crippen LogP contribution in [0.3, 0.4) is 0 Å². The normalized spacial score (nSPS) is 9.72. The summed E-state index contributed by atoms with van der Waals surface area (Å²) in [6.07, 6.45) is 3.13. The zero-order chi connectivity index (χ0) is 21.9. The van der Waals surface area contributed by atoms with Crippen molar-refractivity contribution in [3.8, 4) is 17.2 Å². The van der Waals surface area contributed by atoms with E-state index in [9.17, 15) is 4.79 Å². The highest BCUT2D eigenvalue weighted by molar-refractivity contribution is 7.98. The maximum absolute atomic E-state index is 10.7. The first-order valence-corrected chi connectivity index (χ1v) is 11.1. The number of carbonyl (C=O) groups excluding carboxylic acids is 1. The van der Waals surface area contributed by atoms with Crippen molar-refractivity contribution in [3.63, 3.8) is 0 Å². The molecule has 1 heterocycles. The second-order valence-corrected chi connectivity index (χ2v) is 6.28. The minimum absolute atomic E-state index is 0.00646. The van der Waals surface area contributed by atoms with Gasteiger partial charge in [-0.2, -0.15) is 0 Å². The van der Waals surface area contributed by atoms with Crippen molar-refractivity contribution in [1.29, 1.82) is 0 Å². The molecule has 2 rings (SSSR count). The van der Waals surface area contributed by atoms with Gasteiger partial charge >= 0.3 is 0 Å². The summed E-state index contributed by atoms with van der Waals surface area (Å²) in [6, 6.07) is 7.41. The van der Waals surface area contributed by atoms with Gasteiger partial charge in [0.25, 0.3) is 5.22 Å². The van der Waals surface area contributed by atoms with Gasteiger partial charge in [-0.3, -0.25) is 4.79 Å². The van der Waals surface area contributed by atoms with E-state index in [1.54, 1.807) is 0 Å². The lowest BCUT2D eigenvalue weighted by Crippen LogP contribution is -2.13. The van der Waals surface area contributed by atoms with Crippen molar-refractivity contribution in [3.05, 3.63) is 24.3 Å². The Bertz CT molecular complexity index is 647. The Kier molecular flexibility index (Phi) is 17.0. The quantitative estimate of drug-likeness (QED) is 0.370. The van der Waals surface area contributed by atoms with Crippen molar-refractivity contribution in [2.75, 3.05) is 39.3 Å². The van der Waals surface area contributed by atoms with Gasteiger partial charge < -0.3 is 18.6 Å². The van der Waals surface area contributed by atoms with Gasteiger partial charge in [0.2, 0.25) is 5.89 Å². The lowest BCUT2D eigenvalue weighted by Gasteiger charge is -2.07. The van der Waals surface area contributed by atoms with Crippen molar-refractivity contribution < 1.29 is 23.4 Å². The van der Waals surface area contributed by atoms with E-state index >= 15 is 0 Å². The molecule has 164 valence electrons. The molecule has 0 bridgehead atoms. The van der Waals surface area contributed by atoms with Crippen LogP contribution in [0.4, 0.5) is 0 Å². The topological polar surface area (TPSA) is 83.7 Å². The van der Waals surface area contributed by atoms with Crippen LogP contribution in [0.5, 0.6) is 5.75 Å². The van der Waals surface area contributed by atoms with Crippen LogP contribution in [-0.2, 0) is 14.3 Å². The van der Waals surface area contributed by atoms with Crippen LogP contribution in [-0.4, -0.2) is 55.3 Å². The van der Waals surface area contributed by atoms with Crippen LogP contribution in [0.15, 0.2) is 33.9 Å². The summed E-state index contributed by atoms with van der Waals surface area (Å²) in [5.74, 6) is 1.23. The zero-order valence-electron chi connectivity index (χ0n) is 18.4. The lowest BCUT2D eigenvalue weighted by atomic mass is 10.2. The zero-order valence-corrected chi connectivity index (χ0v) is 19.2. The first-order chi connectivity index (χ1) is 14.1. The highest BCUT2D eigenvalue weighted by atomic mass is 32.2. The van der Waals surface area contributed by atoms with Gasteiger partial charge in [0.15, 0.2) is 5.78 Å². The van der Waals surface area contributed by atoms with Gasteiger partial charge in [0.05, 0.1) is 19.8 Å². The maximum Gasteiger partial charge on any atom is 0.276 e. The number of aromatic nitrogens is 2. The number of thioether (sulfide) groups is 1. The summed E-state index contributed by atoms with van der Waals surface area (Å²) in [6.45, 7) is 11.6. The molecule has 0 aliphatic carbocycles. The summed E-state index contributed by atoms with van der Waals surface area (Å²) in [5.41, 5.74) is 0.842. The molecule has 0 N–H and O–H groups in total. The van der Waals surface area contributed by atoms with Crippen molar-refractivity contribution >= 4 is 17.5 Å². The van der Waals surface area contributed by atoms with Crippen LogP contribution >= 0.6 is 11.8 Å². The number of ketones is 1. The Morgan fingerprint density at radius 3 is 2.14 bits per heavy atom. The third-order valence-corrected chi connectivity index (χ3v) is 3.37. The molecule has 0 amide bonds. The summed E-state index contributed by atoms with van der Waals surface area (Å²) in [7, 11) is 0. The smallest absolute Gasteiger partial charge is 0.276 e. The van der Waals surface area contributed by atoms with E-state index in [2.05, 4.69) is 24.0 Å². The Morgan fingerprint density at radius 2 is 1.59 bits per heavy atom. The number of Topliss-reactive ketones (excluding diaryl/α,β-unsaturated/α-hetero) is 1. The number of rotatable bonds is 11. The van der Waals surface area contributed by atoms with Crippen molar-refractivity contribution in [1.82, 2.24) is 10.2 Å². The fourth-order valence-corrected chi connectivity index (χ4v) is 2.04. The molecule has 0 aliphatic heterocycles. The van der Waals surface area contributed by atoms with Crippen LogP contribution in [0, 0.1) is 0 Å². The highest BCUT2D eigenvalue weighted by Crippen LogP contribution is 2.23. The second kappa shape index (κ2) is 18.1. The molecule has 1 aromatic carbocycles. The van der Waals surface area contributed by atoms with Crippen LogP contribution in [0.2, 0.25) is 0 Å². The van der Waals surface area contributed by atoms with Gasteiger partial charge in [-0.05, 0) is 37.4 Å². The standard InChI is InChI=1S/C16H20N2O5S.C3H8.C2H6/c1-12(19)11-21-8-7-20-9-10-22-14-5-3-13(4-6-14)15-17-18-16(23-15)24-2;1-3-2;1-2/h3-6H,7-11H2,1-2H3;3H2,1-2H3;1-2H3. The fraction of sp³-hybridized carbons (Fsp3) is 0.571. The largest absolute Gasteiger partial charge is 0.491 e. The molecule has 8 heteroatoms. The molecule has 7 nitrogen and oxygen atoms in total. The fourth-order valence-electron chi connectivity index (χ4n) is 1.76. The predicted molar refractivity (Wildman–Crippen MR) is 117 cm³/mol. The Hall–Kier alpha value is -1.90. The SMILES string of the molecule is CC.CCC.CSc1nnc(-c2ccc(OCCOCCOCC(C)=O)cc2)o1. The average molecular weight is 427 g/mol.